The summed E-state index contributed by atoms with van der Waals surface area (Å²) >= 11 is 0. The molecule has 0 aliphatic heterocycles. The highest BCUT2D eigenvalue weighted by Crippen LogP contribution is 2.25. The normalized spacial score (nSPS) is 10.6. The quantitative estimate of drug-likeness (QED) is 0.765. The minimum atomic E-state index is -0.0953. The van der Waals surface area contributed by atoms with Crippen LogP contribution in [0.4, 0.5) is 5.69 Å². The number of hydrogen-bond acceptors (Lipinski definition) is 2. The summed E-state index contributed by atoms with van der Waals surface area (Å²) in [5.74, 6) is -0.0953. The van der Waals surface area contributed by atoms with E-state index in [1.807, 2.05) is 62.4 Å². The van der Waals surface area contributed by atoms with E-state index >= 15 is 0 Å². The van der Waals surface area contributed by atoms with Crippen LogP contribution in [-0.4, -0.2) is 10.9 Å². The average molecular weight is 276 g/mol. The number of amides is 1. The van der Waals surface area contributed by atoms with Crippen molar-refractivity contribution in [3.63, 3.8) is 0 Å². The van der Waals surface area contributed by atoms with Gasteiger partial charge >= 0.3 is 0 Å². The number of carbonyl (C=O) groups excluding carboxylic acids is 1. The lowest BCUT2D eigenvalue weighted by Gasteiger charge is -2.11. The van der Waals surface area contributed by atoms with Crippen LogP contribution < -0.4 is 5.32 Å². The second-order valence-electron chi connectivity index (χ2n) is 5.10. The molecule has 1 heterocycles. The van der Waals surface area contributed by atoms with Gasteiger partial charge in [0.1, 0.15) is 0 Å². The topological polar surface area (TPSA) is 42.0 Å². The van der Waals surface area contributed by atoms with Crippen LogP contribution in [-0.2, 0) is 0 Å². The van der Waals surface area contributed by atoms with E-state index in [9.17, 15) is 4.79 Å². The minimum absolute atomic E-state index is 0.0953. The first-order valence-electron chi connectivity index (χ1n) is 6.88. The van der Waals surface area contributed by atoms with Gasteiger partial charge < -0.3 is 5.32 Å². The maximum atomic E-state index is 12.4. The number of carbonyl (C=O) groups is 1. The van der Waals surface area contributed by atoms with Gasteiger partial charge in [-0.25, -0.2) is 0 Å². The Morgan fingerprint density at radius 1 is 0.952 bits per heavy atom. The number of benzene rings is 2. The molecule has 0 bridgehead atoms. The number of aromatic nitrogens is 1. The molecule has 3 nitrogen and oxygen atoms in total. The molecule has 1 amide bonds. The van der Waals surface area contributed by atoms with E-state index < -0.39 is 0 Å². The lowest BCUT2D eigenvalue weighted by molar-refractivity contribution is 0.102. The van der Waals surface area contributed by atoms with Crippen LogP contribution in [0.2, 0.25) is 0 Å². The first-order valence-corrected chi connectivity index (χ1v) is 6.88. The highest BCUT2D eigenvalue weighted by molar-refractivity contribution is 6.09. The molecule has 3 aromatic rings. The summed E-state index contributed by atoms with van der Waals surface area (Å²) in [5, 5.41) is 3.95. The second kappa shape index (κ2) is 5.37. The SMILES string of the molecule is Cc1ccccc1C(=O)Nc1ccc(C)c2ncccc12. The zero-order valence-corrected chi connectivity index (χ0v) is 12.1. The third-order valence-corrected chi connectivity index (χ3v) is 3.61. The fourth-order valence-electron chi connectivity index (χ4n) is 2.44. The third kappa shape index (κ3) is 2.50. The number of anilines is 1. The van der Waals surface area contributed by atoms with Crippen molar-refractivity contribution in [2.45, 2.75) is 13.8 Å². The number of nitrogens with one attached hydrogen (secondary N) is 1. The maximum absolute atomic E-state index is 12.4. The molecule has 1 aromatic heterocycles. The van der Waals surface area contributed by atoms with Crippen LogP contribution >= 0.6 is 0 Å². The monoisotopic (exact) mass is 276 g/mol. The number of nitrogens with zero attached hydrogens (tertiary/aromatic N) is 1. The lowest BCUT2D eigenvalue weighted by Crippen LogP contribution is -2.13. The summed E-state index contributed by atoms with van der Waals surface area (Å²) in [6, 6.07) is 15.3. The lowest BCUT2D eigenvalue weighted by atomic mass is 10.1. The summed E-state index contributed by atoms with van der Waals surface area (Å²) in [6.07, 6.45) is 1.77. The fourth-order valence-corrected chi connectivity index (χ4v) is 2.44. The summed E-state index contributed by atoms with van der Waals surface area (Å²) in [5.41, 5.74) is 4.45. The molecule has 21 heavy (non-hydrogen) atoms. The van der Waals surface area contributed by atoms with Gasteiger partial charge in [0.25, 0.3) is 5.91 Å². The largest absolute Gasteiger partial charge is 0.321 e. The molecule has 0 radical (unpaired) electrons. The zero-order valence-electron chi connectivity index (χ0n) is 12.1. The Labute approximate surface area is 123 Å². The van der Waals surface area contributed by atoms with Crippen molar-refractivity contribution in [2.75, 3.05) is 5.32 Å². The van der Waals surface area contributed by atoms with Crippen LogP contribution in [0.1, 0.15) is 21.5 Å². The van der Waals surface area contributed by atoms with Crippen molar-refractivity contribution >= 4 is 22.5 Å². The van der Waals surface area contributed by atoms with Crippen LogP contribution in [0.5, 0.6) is 0 Å². The van der Waals surface area contributed by atoms with E-state index in [0.29, 0.717) is 5.56 Å². The predicted octanol–water partition coefficient (Wildman–Crippen LogP) is 4.10. The van der Waals surface area contributed by atoms with E-state index in [1.54, 1.807) is 6.20 Å². The number of aryl methyl sites for hydroxylation is 2. The van der Waals surface area contributed by atoms with Crippen molar-refractivity contribution in [1.29, 1.82) is 0 Å². The van der Waals surface area contributed by atoms with Crippen LogP contribution in [0, 0.1) is 13.8 Å². The highest BCUT2D eigenvalue weighted by atomic mass is 16.1. The maximum Gasteiger partial charge on any atom is 0.255 e. The van der Waals surface area contributed by atoms with Crippen LogP contribution in [0.15, 0.2) is 54.7 Å². The van der Waals surface area contributed by atoms with E-state index in [0.717, 1.165) is 27.7 Å². The Morgan fingerprint density at radius 3 is 2.57 bits per heavy atom. The second-order valence-corrected chi connectivity index (χ2v) is 5.10. The van der Waals surface area contributed by atoms with E-state index in [-0.39, 0.29) is 5.91 Å². The van der Waals surface area contributed by atoms with Crippen molar-refractivity contribution in [3.8, 4) is 0 Å². The standard InChI is InChI=1S/C18H16N2O/c1-12-6-3-4-7-14(12)18(21)20-16-10-9-13(2)17-15(16)8-5-11-19-17/h3-11H,1-2H3,(H,20,21). The molecule has 2 aromatic carbocycles. The summed E-state index contributed by atoms with van der Waals surface area (Å²) in [7, 11) is 0. The number of pyridine rings is 1. The summed E-state index contributed by atoms with van der Waals surface area (Å²) in [4.78, 5) is 16.8. The molecule has 0 fully saturated rings. The van der Waals surface area contributed by atoms with E-state index in [4.69, 9.17) is 0 Å². The Kier molecular flexibility index (Phi) is 3.40. The summed E-state index contributed by atoms with van der Waals surface area (Å²) in [6.45, 7) is 3.95. The minimum Gasteiger partial charge on any atom is -0.321 e. The van der Waals surface area contributed by atoms with Gasteiger partial charge in [0, 0.05) is 17.1 Å². The Bertz CT molecular complexity index is 824. The Balaban J connectivity index is 2.01. The smallest absolute Gasteiger partial charge is 0.255 e. The molecular formula is C18H16N2O. The number of hydrogen-bond donors (Lipinski definition) is 1. The Morgan fingerprint density at radius 2 is 1.76 bits per heavy atom. The highest BCUT2D eigenvalue weighted by Gasteiger charge is 2.11. The molecule has 104 valence electrons. The van der Waals surface area contributed by atoms with Crippen LogP contribution in [0.25, 0.3) is 10.9 Å². The molecule has 3 rings (SSSR count). The predicted molar refractivity (Wildman–Crippen MR) is 85.6 cm³/mol. The molecule has 0 unspecified atom stereocenters. The average Bonchev–Trinajstić information content (AvgIpc) is 2.51. The molecular weight excluding hydrogens is 260 g/mol. The number of fused-ring (bicyclic) bond motifs is 1. The Hall–Kier alpha value is -2.68. The van der Waals surface area contributed by atoms with Gasteiger partial charge in [-0.1, -0.05) is 24.3 Å². The molecule has 0 saturated carbocycles. The van der Waals surface area contributed by atoms with Gasteiger partial charge in [0.05, 0.1) is 11.2 Å². The van der Waals surface area contributed by atoms with Gasteiger partial charge in [0.2, 0.25) is 0 Å². The van der Waals surface area contributed by atoms with Gasteiger partial charge in [-0.15, -0.1) is 0 Å². The van der Waals surface area contributed by atoms with Crippen molar-refractivity contribution < 1.29 is 4.79 Å². The number of rotatable bonds is 2. The van der Waals surface area contributed by atoms with Crippen molar-refractivity contribution in [2.24, 2.45) is 0 Å². The zero-order chi connectivity index (χ0) is 14.8. The first kappa shape index (κ1) is 13.3. The first-order chi connectivity index (χ1) is 10.2. The molecule has 0 saturated heterocycles. The third-order valence-electron chi connectivity index (χ3n) is 3.61. The fraction of sp³-hybridized carbons (Fsp3) is 0.111. The summed E-state index contributed by atoms with van der Waals surface area (Å²) < 4.78 is 0. The molecule has 0 spiro atoms. The molecule has 1 N–H and O–H groups in total. The molecule has 0 aliphatic rings. The molecule has 3 heteroatoms. The van der Waals surface area contributed by atoms with E-state index in [1.165, 1.54) is 0 Å². The van der Waals surface area contributed by atoms with Gasteiger partial charge in [-0.05, 0) is 49.2 Å². The van der Waals surface area contributed by atoms with Crippen molar-refractivity contribution in [1.82, 2.24) is 4.98 Å². The van der Waals surface area contributed by atoms with Gasteiger partial charge in [-0.2, -0.15) is 0 Å². The molecule has 0 aliphatic carbocycles. The van der Waals surface area contributed by atoms with E-state index in [2.05, 4.69) is 10.3 Å². The van der Waals surface area contributed by atoms with Crippen LogP contribution in [0.3, 0.4) is 0 Å². The molecule has 0 atom stereocenters. The van der Waals surface area contributed by atoms with Gasteiger partial charge in [0.15, 0.2) is 0 Å². The van der Waals surface area contributed by atoms with Gasteiger partial charge in [-0.3, -0.25) is 9.78 Å². The van der Waals surface area contributed by atoms with Crippen molar-refractivity contribution in [3.05, 3.63) is 71.4 Å².